The van der Waals surface area contributed by atoms with E-state index in [9.17, 15) is 14.7 Å². The van der Waals surface area contributed by atoms with Gasteiger partial charge in [-0.1, -0.05) is 29.4 Å². The molecular formula is C22H16N6O4S. The second-order valence-electron chi connectivity index (χ2n) is 6.75. The van der Waals surface area contributed by atoms with Crippen molar-refractivity contribution in [1.29, 1.82) is 5.26 Å². The number of amides is 1. The molecule has 3 N–H and O–H groups in total. The summed E-state index contributed by atoms with van der Waals surface area (Å²) in [5, 5.41) is 28.2. The number of oxime groups is 1. The fourth-order valence-electron chi connectivity index (χ4n) is 3.00. The average molecular weight is 460 g/mol. The zero-order valence-corrected chi connectivity index (χ0v) is 17.8. The minimum absolute atomic E-state index is 0.237. The number of fused-ring (bicyclic) bond motifs is 1. The Morgan fingerprint density at radius 3 is 2.88 bits per heavy atom. The molecule has 0 aliphatic carbocycles. The fraction of sp³-hybridized carbons (Fsp3) is 0.0909. The first-order valence-corrected chi connectivity index (χ1v) is 10.5. The molecule has 3 aromatic heterocycles. The molecule has 0 saturated carbocycles. The molecule has 10 nitrogen and oxygen atoms in total. The predicted octanol–water partition coefficient (Wildman–Crippen LogP) is 2.29. The van der Waals surface area contributed by atoms with Gasteiger partial charge in [0, 0.05) is 17.1 Å². The third-order valence-electron chi connectivity index (χ3n) is 4.63. The molecule has 33 heavy (non-hydrogen) atoms. The van der Waals surface area contributed by atoms with Gasteiger partial charge in [-0.25, -0.2) is 9.97 Å². The summed E-state index contributed by atoms with van der Waals surface area (Å²) in [7, 11) is 0. The normalized spacial score (nSPS) is 10.9. The Bertz CT molecular complexity index is 1420. The molecule has 0 radical (unpaired) electrons. The Labute approximate surface area is 190 Å². The number of pyridine rings is 1. The van der Waals surface area contributed by atoms with E-state index in [0.717, 1.165) is 11.1 Å². The first-order valence-electron chi connectivity index (χ1n) is 9.60. The molecule has 1 amide bonds. The van der Waals surface area contributed by atoms with Gasteiger partial charge in [-0.3, -0.25) is 9.59 Å². The maximum atomic E-state index is 11.9. The Hall–Kier alpha value is -4.56. The quantitative estimate of drug-likeness (QED) is 0.282. The van der Waals surface area contributed by atoms with Crippen molar-refractivity contribution in [3.05, 3.63) is 75.4 Å². The summed E-state index contributed by atoms with van der Waals surface area (Å²) in [6.07, 6.45) is 4.46. The highest BCUT2D eigenvalue weighted by Gasteiger charge is 2.17. The number of H-pyrrole nitrogens is 1. The number of benzene rings is 1. The maximum absolute atomic E-state index is 11.9. The third kappa shape index (κ3) is 4.86. The van der Waals surface area contributed by atoms with Crippen LogP contribution in [0.25, 0.3) is 21.3 Å². The fourth-order valence-corrected chi connectivity index (χ4v) is 3.97. The summed E-state index contributed by atoms with van der Waals surface area (Å²) in [6, 6.07) is 10.6. The number of rotatable bonds is 7. The number of nitrogens with zero attached hydrogens (tertiary/aromatic N) is 4. The predicted molar refractivity (Wildman–Crippen MR) is 122 cm³/mol. The highest BCUT2D eigenvalue weighted by atomic mass is 32.1. The molecule has 4 rings (SSSR count). The summed E-state index contributed by atoms with van der Waals surface area (Å²) in [5.74, 6) is -0.662. The number of aromatic nitrogens is 3. The van der Waals surface area contributed by atoms with Gasteiger partial charge in [0.1, 0.15) is 23.0 Å². The lowest BCUT2D eigenvalue weighted by Gasteiger charge is -2.04. The smallest absolute Gasteiger partial charge is 0.270 e. The van der Waals surface area contributed by atoms with Crippen LogP contribution in [-0.4, -0.2) is 38.8 Å². The molecule has 0 saturated heterocycles. The zero-order valence-electron chi connectivity index (χ0n) is 17.0. The van der Waals surface area contributed by atoms with Gasteiger partial charge < -0.3 is 20.2 Å². The Morgan fingerprint density at radius 1 is 1.33 bits per heavy atom. The van der Waals surface area contributed by atoms with Gasteiger partial charge in [0.15, 0.2) is 12.2 Å². The molecule has 0 unspecified atom stereocenters. The molecule has 11 heteroatoms. The van der Waals surface area contributed by atoms with E-state index in [1.807, 2.05) is 12.1 Å². The van der Waals surface area contributed by atoms with E-state index >= 15 is 0 Å². The topological polar surface area (TPSA) is 153 Å². The minimum Gasteiger partial charge on any atom is -0.506 e. The van der Waals surface area contributed by atoms with E-state index in [-0.39, 0.29) is 30.4 Å². The highest BCUT2D eigenvalue weighted by molar-refractivity contribution is 7.17. The van der Waals surface area contributed by atoms with E-state index in [4.69, 9.17) is 10.1 Å². The minimum atomic E-state index is -0.620. The Balaban J connectivity index is 1.38. The first kappa shape index (κ1) is 21.7. The van der Waals surface area contributed by atoms with E-state index in [1.165, 1.54) is 23.9 Å². The van der Waals surface area contributed by atoms with E-state index in [2.05, 4.69) is 25.4 Å². The van der Waals surface area contributed by atoms with Crippen LogP contribution in [0, 0.1) is 11.3 Å². The number of nitrogens with one attached hydrogen (secondary N) is 2. The van der Waals surface area contributed by atoms with Crippen LogP contribution in [0.3, 0.4) is 0 Å². The molecule has 0 fully saturated rings. The van der Waals surface area contributed by atoms with Gasteiger partial charge >= 0.3 is 0 Å². The maximum Gasteiger partial charge on any atom is 0.270 e. The lowest BCUT2D eigenvalue weighted by atomic mass is 10.0. The number of aromatic amines is 1. The van der Waals surface area contributed by atoms with Crippen molar-refractivity contribution in [2.45, 2.75) is 6.54 Å². The molecule has 0 atom stereocenters. The summed E-state index contributed by atoms with van der Waals surface area (Å²) >= 11 is 1.27. The van der Waals surface area contributed by atoms with Crippen molar-refractivity contribution in [2.75, 3.05) is 6.61 Å². The summed E-state index contributed by atoms with van der Waals surface area (Å²) < 4.78 is 0. The second kappa shape index (κ2) is 9.71. The van der Waals surface area contributed by atoms with E-state index in [1.54, 1.807) is 35.8 Å². The van der Waals surface area contributed by atoms with Crippen molar-refractivity contribution < 1.29 is 14.7 Å². The number of aromatic hydroxyl groups is 1. The molecular weight excluding hydrogens is 444 g/mol. The van der Waals surface area contributed by atoms with Gasteiger partial charge in [-0.2, -0.15) is 5.26 Å². The van der Waals surface area contributed by atoms with Crippen LogP contribution in [-0.2, 0) is 16.2 Å². The van der Waals surface area contributed by atoms with Crippen LogP contribution in [0.2, 0.25) is 0 Å². The number of thiophene rings is 1. The van der Waals surface area contributed by atoms with E-state index < -0.39 is 5.56 Å². The lowest BCUT2D eigenvalue weighted by molar-refractivity contribution is -0.125. The molecule has 0 bridgehead atoms. The molecule has 0 spiro atoms. The average Bonchev–Trinajstić information content (AvgIpc) is 3.26. The Kier molecular flexibility index (Phi) is 6.38. The highest BCUT2D eigenvalue weighted by Crippen LogP contribution is 2.38. The molecule has 0 aliphatic rings. The largest absolute Gasteiger partial charge is 0.506 e. The van der Waals surface area contributed by atoms with Crippen LogP contribution in [0.5, 0.6) is 5.75 Å². The third-order valence-corrected chi connectivity index (χ3v) is 5.53. The molecule has 1 aromatic carbocycles. The molecule has 3 heterocycles. The lowest BCUT2D eigenvalue weighted by Crippen LogP contribution is -2.26. The van der Waals surface area contributed by atoms with E-state index in [0.29, 0.717) is 21.5 Å². The van der Waals surface area contributed by atoms with Gasteiger partial charge in [0.05, 0.1) is 23.8 Å². The molecule has 0 aliphatic heterocycles. The molecule has 164 valence electrons. The monoisotopic (exact) mass is 460 g/mol. The van der Waals surface area contributed by atoms with Crippen molar-refractivity contribution in [2.24, 2.45) is 5.16 Å². The van der Waals surface area contributed by atoms with Crippen molar-refractivity contribution >= 4 is 33.7 Å². The van der Waals surface area contributed by atoms with Crippen molar-refractivity contribution in [1.82, 2.24) is 20.3 Å². The summed E-state index contributed by atoms with van der Waals surface area (Å²) in [6.45, 7) is 0.0335. The summed E-state index contributed by atoms with van der Waals surface area (Å²) in [4.78, 5) is 39.6. The van der Waals surface area contributed by atoms with Gasteiger partial charge in [0.25, 0.3) is 11.5 Å². The van der Waals surface area contributed by atoms with Crippen LogP contribution in [0.15, 0.2) is 58.2 Å². The number of nitriles is 1. The number of hydrogen-bond donors (Lipinski definition) is 3. The van der Waals surface area contributed by atoms with Gasteiger partial charge in [-0.15, -0.1) is 11.3 Å². The standard InChI is InChI=1S/C22H16N6O4S/c23-7-16-20(30)19-17(11-33-22(19)28-21(16)31)14-3-1-13(2-4-14)8-27-32-10-18(29)25-9-15-5-6-24-12-26-15/h1-6,8,11-12H,9-10H2,(H,25,29)(H2,28,30,31)/b27-8+. The van der Waals surface area contributed by atoms with Crippen molar-refractivity contribution in [3.8, 4) is 22.9 Å². The summed E-state index contributed by atoms with van der Waals surface area (Å²) in [5.41, 5.74) is 1.96. The van der Waals surface area contributed by atoms with Crippen LogP contribution in [0.4, 0.5) is 0 Å². The van der Waals surface area contributed by atoms with Crippen molar-refractivity contribution in [3.63, 3.8) is 0 Å². The number of carbonyl (C=O) groups is 1. The van der Waals surface area contributed by atoms with Gasteiger partial charge in [0.2, 0.25) is 0 Å². The second-order valence-corrected chi connectivity index (χ2v) is 7.63. The van der Waals surface area contributed by atoms with Crippen LogP contribution in [0.1, 0.15) is 16.8 Å². The molecule has 4 aromatic rings. The Morgan fingerprint density at radius 2 is 2.15 bits per heavy atom. The first-order chi connectivity index (χ1) is 16.1. The van der Waals surface area contributed by atoms with Crippen LogP contribution >= 0.6 is 11.3 Å². The zero-order chi connectivity index (χ0) is 23.2. The SMILES string of the molecule is N#Cc1c(O)c2c(-c3ccc(/C=N/OCC(=O)NCc4ccncn4)cc3)csc2[nH]c1=O. The number of carbonyl (C=O) groups excluding carboxylic acids is 1. The number of hydrogen-bond acceptors (Lipinski definition) is 9. The van der Waals surface area contributed by atoms with Crippen LogP contribution < -0.4 is 10.9 Å². The van der Waals surface area contributed by atoms with Gasteiger partial charge in [-0.05, 0) is 17.2 Å².